The van der Waals surface area contributed by atoms with Crippen molar-refractivity contribution < 1.29 is 4.74 Å². The summed E-state index contributed by atoms with van der Waals surface area (Å²) in [7, 11) is 0. The highest BCUT2D eigenvalue weighted by Gasteiger charge is 2.23. The molecule has 0 amide bonds. The number of hydrogen-bond donors (Lipinski definition) is 0. The summed E-state index contributed by atoms with van der Waals surface area (Å²) in [6.07, 6.45) is 0.569. The van der Waals surface area contributed by atoms with Gasteiger partial charge in [-0.05, 0) is 25.5 Å². The van der Waals surface area contributed by atoms with E-state index in [1.165, 1.54) is 11.3 Å². The van der Waals surface area contributed by atoms with E-state index in [9.17, 15) is 0 Å². The Labute approximate surface area is 102 Å². The molecule has 1 heterocycles. The van der Waals surface area contributed by atoms with Crippen molar-refractivity contribution in [2.75, 3.05) is 18.0 Å². The van der Waals surface area contributed by atoms with Crippen LogP contribution in [-0.4, -0.2) is 25.3 Å². The number of para-hydroxylation sites is 1. The van der Waals surface area contributed by atoms with Gasteiger partial charge in [0.25, 0.3) is 0 Å². The number of nitrogens with zero attached hydrogens (tertiary/aromatic N) is 1. The number of halogens is 1. The molecular weight excluding hydrogens is 222 g/mol. The maximum Gasteiger partial charge on any atom is 0.0726 e. The van der Waals surface area contributed by atoms with Crippen LogP contribution in [0.4, 0.5) is 5.69 Å². The summed E-state index contributed by atoms with van der Waals surface area (Å²) < 4.78 is 5.74. The number of rotatable bonds is 2. The van der Waals surface area contributed by atoms with E-state index >= 15 is 0 Å². The van der Waals surface area contributed by atoms with Gasteiger partial charge in [0.05, 0.1) is 12.2 Å². The molecule has 88 valence electrons. The molecule has 0 bridgehead atoms. The van der Waals surface area contributed by atoms with Gasteiger partial charge in [-0.1, -0.05) is 18.2 Å². The summed E-state index contributed by atoms with van der Waals surface area (Å²) in [5, 5.41) is 0. The second kappa shape index (κ2) is 5.07. The van der Waals surface area contributed by atoms with Gasteiger partial charge in [0.15, 0.2) is 0 Å². The first-order valence-electron chi connectivity index (χ1n) is 5.75. The van der Waals surface area contributed by atoms with Crippen molar-refractivity contribution in [1.82, 2.24) is 0 Å². The minimum Gasteiger partial charge on any atom is -0.372 e. The van der Waals surface area contributed by atoms with Crippen LogP contribution in [0.5, 0.6) is 0 Å². The van der Waals surface area contributed by atoms with E-state index < -0.39 is 0 Å². The molecule has 0 saturated carbocycles. The number of benzene rings is 1. The molecule has 0 radical (unpaired) electrons. The molecule has 1 fully saturated rings. The quantitative estimate of drug-likeness (QED) is 0.736. The van der Waals surface area contributed by atoms with Crippen LogP contribution in [0.15, 0.2) is 24.3 Å². The molecule has 0 N–H and O–H groups in total. The fraction of sp³-hybridized carbons (Fsp3) is 0.538. The van der Waals surface area contributed by atoms with E-state index in [1.54, 1.807) is 0 Å². The minimum atomic E-state index is 0.284. The van der Waals surface area contributed by atoms with Crippen molar-refractivity contribution in [3.8, 4) is 0 Å². The van der Waals surface area contributed by atoms with Gasteiger partial charge in [0.2, 0.25) is 0 Å². The molecule has 0 spiro atoms. The zero-order chi connectivity index (χ0) is 11.5. The summed E-state index contributed by atoms with van der Waals surface area (Å²) in [5.41, 5.74) is 2.45. The van der Waals surface area contributed by atoms with Crippen molar-refractivity contribution in [2.45, 2.75) is 31.9 Å². The molecule has 2 rings (SSSR count). The summed E-state index contributed by atoms with van der Waals surface area (Å²) in [6, 6.07) is 8.33. The smallest absolute Gasteiger partial charge is 0.0726 e. The van der Waals surface area contributed by atoms with Gasteiger partial charge in [-0.3, -0.25) is 0 Å². The van der Waals surface area contributed by atoms with E-state index in [1.807, 2.05) is 6.07 Å². The molecule has 2 unspecified atom stereocenters. The Kier molecular flexibility index (Phi) is 3.72. The number of anilines is 1. The average Bonchev–Trinajstić information content (AvgIpc) is 2.27. The summed E-state index contributed by atoms with van der Waals surface area (Å²) in [6.45, 7) is 6.12. The highest BCUT2D eigenvalue weighted by atomic mass is 35.5. The monoisotopic (exact) mass is 239 g/mol. The lowest BCUT2D eigenvalue weighted by atomic mass is 10.1. The van der Waals surface area contributed by atoms with Gasteiger partial charge in [-0.25, -0.2) is 0 Å². The maximum absolute atomic E-state index is 5.97. The molecule has 1 aromatic carbocycles. The highest BCUT2D eigenvalue weighted by Crippen LogP contribution is 2.25. The van der Waals surface area contributed by atoms with Gasteiger partial charge in [-0.2, -0.15) is 0 Å². The summed E-state index contributed by atoms with van der Waals surface area (Å²) >= 11 is 5.97. The standard InChI is InChI=1S/C13H18ClNO/c1-10-8-15(9-11(2)16-10)13-6-4-3-5-12(13)7-14/h3-6,10-11H,7-9H2,1-2H3. The zero-order valence-corrected chi connectivity index (χ0v) is 10.6. The van der Waals surface area contributed by atoms with Crippen molar-refractivity contribution in [2.24, 2.45) is 0 Å². The van der Waals surface area contributed by atoms with Crippen LogP contribution in [0.3, 0.4) is 0 Å². The Morgan fingerprint density at radius 2 is 1.88 bits per heavy atom. The van der Waals surface area contributed by atoms with E-state index in [4.69, 9.17) is 16.3 Å². The van der Waals surface area contributed by atoms with Crippen LogP contribution < -0.4 is 4.90 Å². The molecule has 1 aliphatic rings. The molecule has 2 atom stereocenters. The van der Waals surface area contributed by atoms with E-state index in [-0.39, 0.29) is 12.2 Å². The van der Waals surface area contributed by atoms with E-state index in [0.717, 1.165) is 13.1 Å². The third-order valence-electron chi connectivity index (χ3n) is 2.90. The lowest BCUT2D eigenvalue weighted by Crippen LogP contribution is -2.45. The molecule has 2 nitrogen and oxygen atoms in total. The third-order valence-corrected chi connectivity index (χ3v) is 3.18. The average molecular weight is 240 g/mol. The lowest BCUT2D eigenvalue weighted by molar-refractivity contribution is -0.00524. The van der Waals surface area contributed by atoms with Crippen LogP contribution in [0.2, 0.25) is 0 Å². The second-order valence-electron chi connectivity index (χ2n) is 4.42. The first kappa shape index (κ1) is 11.7. The van der Waals surface area contributed by atoms with Crippen LogP contribution in [0.1, 0.15) is 19.4 Å². The largest absolute Gasteiger partial charge is 0.372 e. The van der Waals surface area contributed by atoms with Crippen molar-refractivity contribution in [3.63, 3.8) is 0 Å². The Morgan fingerprint density at radius 1 is 1.25 bits per heavy atom. The second-order valence-corrected chi connectivity index (χ2v) is 4.69. The van der Waals surface area contributed by atoms with Crippen LogP contribution >= 0.6 is 11.6 Å². The lowest BCUT2D eigenvalue weighted by Gasteiger charge is -2.37. The first-order valence-corrected chi connectivity index (χ1v) is 6.28. The molecular formula is C13H18ClNO. The van der Waals surface area contributed by atoms with Gasteiger partial charge in [0.1, 0.15) is 0 Å². The van der Waals surface area contributed by atoms with Crippen molar-refractivity contribution in [1.29, 1.82) is 0 Å². The topological polar surface area (TPSA) is 12.5 Å². The molecule has 3 heteroatoms. The van der Waals surface area contributed by atoms with Crippen LogP contribution in [0.25, 0.3) is 0 Å². The summed E-state index contributed by atoms with van der Waals surface area (Å²) in [5.74, 6) is 0.566. The molecule has 16 heavy (non-hydrogen) atoms. The molecule has 0 aliphatic carbocycles. The first-order chi connectivity index (χ1) is 7.70. The van der Waals surface area contributed by atoms with E-state index in [2.05, 4.69) is 36.9 Å². The highest BCUT2D eigenvalue weighted by molar-refractivity contribution is 6.17. The van der Waals surface area contributed by atoms with Crippen molar-refractivity contribution in [3.05, 3.63) is 29.8 Å². The minimum absolute atomic E-state index is 0.284. The number of morpholine rings is 1. The molecule has 0 aromatic heterocycles. The third kappa shape index (κ3) is 2.50. The fourth-order valence-electron chi connectivity index (χ4n) is 2.31. The Hall–Kier alpha value is -0.730. The predicted octanol–water partition coefficient (Wildman–Crippen LogP) is 3.04. The Balaban J connectivity index is 2.22. The molecule has 1 aliphatic heterocycles. The number of alkyl halides is 1. The van der Waals surface area contributed by atoms with Crippen LogP contribution in [0, 0.1) is 0 Å². The normalized spacial score (nSPS) is 25.8. The van der Waals surface area contributed by atoms with Gasteiger partial charge in [-0.15, -0.1) is 11.6 Å². The van der Waals surface area contributed by atoms with Gasteiger partial charge in [0, 0.05) is 24.7 Å². The van der Waals surface area contributed by atoms with Crippen molar-refractivity contribution >= 4 is 17.3 Å². The van der Waals surface area contributed by atoms with Gasteiger partial charge < -0.3 is 9.64 Å². The Morgan fingerprint density at radius 3 is 2.50 bits per heavy atom. The maximum atomic E-state index is 5.97. The van der Waals surface area contributed by atoms with E-state index in [0.29, 0.717) is 5.88 Å². The number of hydrogen-bond acceptors (Lipinski definition) is 2. The summed E-state index contributed by atoms with van der Waals surface area (Å²) in [4.78, 5) is 2.37. The zero-order valence-electron chi connectivity index (χ0n) is 9.82. The fourth-order valence-corrected chi connectivity index (χ4v) is 2.53. The van der Waals surface area contributed by atoms with Gasteiger partial charge >= 0.3 is 0 Å². The predicted molar refractivity (Wildman–Crippen MR) is 68.2 cm³/mol. The van der Waals surface area contributed by atoms with Crippen LogP contribution in [-0.2, 0) is 10.6 Å². The SMILES string of the molecule is CC1CN(c2ccccc2CCl)CC(C)O1. The number of ether oxygens (including phenoxy) is 1. The molecule has 1 saturated heterocycles. The molecule has 1 aromatic rings. The Bertz CT molecular complexity index is 346.